The van der Waals surface area contributed by atoms with Crippen LogP contribution >= 0.6 is 11.3 Å². The van der Waals surface area contributed by atoms with Crippen LogP contribution < -0.4 is 0 Å². The van der Waals surface area contributed by atoms with E-state index in [1.54, 1.807) is 7.05 Å². The molecule has 0 spiro atoms. The lowest BCUT2D eigenvalue weighted by atomic mass is 10.3. The van der Waals surface area contributed by atoms with Crippen LogP contribution in [0.25, 0.3) is 0 Å². The van der Waals surface area contributed by atoms with Gasteiger partial charge in [0.05, 0.1) is 5.75 Å². The van der Waals surface area contributed by atoms with Crippen LogP contribution in [0.3, 0.4) is 0 Å². The van der Waals surface area contributed by atoms with Crippen LogP contribution in [0.1, 0.15) is 24.3 Å². The molecule has 0 bridgehead atoms. The van der Waals surface area contributed by atoms with Gasteiger partial charge in [0, 0.05) is 29.4 Å². The van der Waals surface area contributed by atoms with Crippen LogP contribution in [0.2, 0.25) is 0 Å². The highest BCUT2D eigenvalue weighted by molar-refractivity contribution is 7.89. The molecule has 0 saturated carbocycles. The topological polar surface area (TPSA) is 57.6 Å². The van der Waals surface area contributed by atoms with Gasteiger partial charge in [-0.3, -0.25) is 0 Å². The second-order valence-electron chi connectivity index (χ2n) is 4.69. The summed E-state index contributed by atoms with van der Waals surface area (Å²) < 4.78 is 25.4. The maximum atomic E-state index is 12.0. The number of nitrogens with zero attached hydrogens (tertiary/aromatic N) is 1. The zero-order valence-corrected chi connectivity index (χ0v) is 13.0. The van der Waals surface area contributed by atoms with Gasteiger partial charge in [-0.15, -0.1) is 11.3 Å². The molecule has 19 heavy (non-hydrogen) atoms. The summed E-state index contributed by atoms with van der Waals surface area (Å²) in [6, 6.07) is 1.86. The number of aliphatic hydroxyl groups is 1. The van der Waals surface area contributed by atoms with Crippen molar-refractivity contribution in [2.45, 2.75) is 20.4 Å². The summed E-state index contributed by atoms with van der Waals surface area (Å²) in [5, 5.41) is 10.5. The molecule has 0 amide bonds. The van der Waals surface area contributed by atoms with Crippen LogP contribution in [-0.2, 0) is 16.6 Å². The fourth-order valence-electron chi connectivity index (χ4n) is 1.54. The Labute approximate surface area is 119 Å². The zero-order valence-electron chi connectivity index (χ0n) is 11.4. The lowest BCUT2D eigenvalue weighted by Gasteiger charge is -2.17. The van der Waals surface area contributed by atoms with Gasteiger partial charge in [-0.1, -0.05) is 25.7 Å². The summed E-state index contributed by atoms with van der Waals surface area (Å²) in [5.41, 5.74) is 0.809. The molecule has 6 heteroatoms. The molecule has 1 rings (SSSR count). The normalized spacial score (nSPS) is 11.7. The van der Waals surface area contributed by atoms with Gasteiger partial charge in [-0.2, -0.15) is 4.31 Å². The minimum atomic E-state index is -3.20. The predicted octanol–water partition coefficient (Wildman–Crippen LogP) is 1.51. The molecule has 0 aliphatic carbocycles. The molecular formula is C13H19NO3S2. The Hall–Kier alpha value is -0.870. The molecule has 0 fully saturated rings. The highest BCUT2D eigenvalue weighted by atomic mass is 32.2. The molecule has 1 aromatic heterocycles. The van der Waals surface area contributed by atoms with E-state index in [1.807, 2.05) is 25.3 Å². The predicted molar refractivity (Wildman–Crippen MR) is 78.4 cm³/mol. The van der Waals surface area contributed by atoms with E-state index in [2.05, 4.69) is 11.8 Å². The van der Waals surface area contributed by atoms with Crippen molar-refractivity contribution in [3.63, 3.8) is 0 Å². The van der Waals surface area contributed by atoms with Crippen LogP contribution in [0.4, 0.5) is 0 Å². The quantitative estimate of drug-likeness (QED) is 0.839. The third-order valence-electron chi connectivity index (χ3n) is 2.36. The third-order valence-corrected chi connectivity index (χ3v) is 5.45. The van der Waals surface area contributed by atoms with Gasteiger partial charge in [-0.05, 0) is 12.0 Å². The Kier molecular flexibility index (Phi) is 6.01. The van der Waals surface area contributed by atoms with Crippen molar-refractivity contribution in [2.75, 3.05) is 19.4 Å². The number of hydrogen-bond donors (Lipinski definition) is 1. The Bertz CT molecular complexity index is 564. The Morgan fingerprint density at radius 2 is 2.16 bits per heavy atom. The Morgan fingerprint density at radius 3 is 2.74 bits per heavy atom. The van der Waals surface area contributed by atoms with Gasteiger partial charge in [0.15, 0.2) is 0 Å². The molecule has 0 aliphatic heterocycles. The van der Waals surface area contributed by atoms with Gasteiger partial charge in [-0.25, -0.2) is 8.42 Å². The number of aliphatic hydroxyl groups excluding tert-OH is 1. The van der Waals surface area contributed by atoms with E-state index >= 15 is 0 Å². The SMILES string of the molecule is CC(C)CS(=O)(=O)N(C)Cc1cc(C#CCO)cs1. The van der Waals surface area contributed by atoms with E-state index in [1.165, 1.54) is 15.6 Å². The van der Waals surface area contributed by atoms with E-state index in [9.17, 15) is 8.42 Å². The van der Waals surface area contributed by atoms with Crippen LogP contribution in [0.15, 0.2) is 11.4 Å². The molecule has 0 atom stereocenters. The van der Waals surface area contributed by atoms with Gasteiger partial charge in [0.1, 0.15) is 6.61 Å². The van der Waals surface area contributed by atoms with Gasteiger partial charge in [0.2, 0.25) is 10.0 Å². The van der Waals surface area contributed by atoms with E-state index in [0.717, 1.165) is 10.4 Å². The summed E-state index contributed by atoms with van der Waals surface area (Å²) in [6.07, 6.45) is 0. The summed E-state index contributed by atoms with van der Waals surface area (Å²) in [6.45, 7) is 3.96. The first-order valence-electron chi connectivity index (χ1n) is 5.96. The van der Waals surface area contributed by atoms with Gasteiger partial charge in [0.25, 0.3) is 0 Å². The molecular weight excluding hydrogens is 282 g/mol. The molecule has 1 heterocycles. The average molecular weight is 301 g/mol. The van der Waals surface area contributed by atoms with Crippen molar-refractivity contribution in [3.8, 4) is 11.8 Å². The van der Waals surface area contributed by atoms with Crippen molar-refractivity contribution in [3.05, 3.63) is 21.9 Å². The van der Waals surface area contributed by atoms with E-state index in [4.69, 9.17) is 5.11 Å². The second-order valence-corrected chi connectivity index (χ2v) is 7.81. The van der Waals surface area contributed by atoms with Crippen LogP contribution in [0, 0.1) is 17.8 Å². The molecule has 0 unspecified atom stereocenters. The molecule has 0 saturated heterocycles. The van der Waals surface area contributed by atoms with Crippen molar-refractivity contribution >= 4 is 21.4 Å². The average Bonchev–Trinajstić information content (AvgIpc) is 2.72. The lowest BCUT2D eigenvalue weighted by Crippen LogP contribution is -2.30. The maximum Gasteiger partial charge on any atom is 0.214 e. The molecule has 1 N–H and O–H groups in total. The zero-order chi connectivity index (χ0) is 14.5. The van der Waals surface area contributed by atoms with Crippen molar-refractivity contribution in [1.29, 1.82) is 0 Å². The summed E-state index contributed by atoms with van der Waals surface area (Å²) >= 11 is 1.47. The second kappa shape index (κ2) is 7.06. The fourth-order valence-corrected chi connectivity index (χ4v) is 3.92. The first-order chi connectivity index (χ1) is 8.85. The molecule has 4 nitrogen and oxygen atoms in total. The largest absolute Gasteiger partial charge is 0.384 e. The van der Waals surface area contributed by atoms with Crippen molar-refractivity contribution in [2.24, 2.45) is 5.92 Å². The Balaban J connectivity index is 2.72. The number of rotatable bonds is 5. The molecule has 0 aromatic carbocycles. The van der Waals surface area contributed by atoms with Crippen LogP contribution in [-0.4, -0.2) is 37.2 Å². The number of hydrogen-bond acceptors (Lipinski definition) is 4. The van der Waals surface area contributed by atoms with Gasteiger partial charge >= 0.3 is 0 Å². The first kappa shape index (κ1) is 16.2. The van der Waals surface area contributed by atoms with E-state index in [-0.39, 0.29) is 18.3 Å². The lowest BCUT2D eigenvalue weighted by molar-refractivity contribution is 0.350. The Morgan fingerprint density at radius 1 is 1.47 bits per heavy atom. The molecule has 106 valence electrons. The van der Waals surface area contributed by atoms with Crippen LogP contribution in [0.5, 0.6) is 0 Å². The smallest absolute Gasteiger partial charge is 0.214 e. The van der Waals surface area contributed by atoms with Crippen molar-refractivity contribution in [1.82, 2.24) is 4.31 Å². The number of thiophene rings is 1. The summed E-state index contributed by atoms with van der Waals surface area (Å²) in [7, 11) is -1.61. The van der Waals surface area contributed by atoms with E-state index < -0.39 is 10.0 Å². The molecule has 0 aliphatic rings. The summed E-state index contributed by atoms with van der Waals surface area (Å²) in [5.74, 6) is 5.64. The van der Waals surface area contributed by atoms with Crippen molar-refractivity contribution < 1.29 is 13.5 Å². The summed E-state index contributed by atoms with van der Waals surface area (Å²) in [4.78, 5) is 0.942. The van der Waals surface area contributed by atoms with E-state index in [0.29, 0.717) is 6.54 Å². The highest BCUT2D eigenvalue weighted by Gasteiger charge is 2.19. The van der Waals surface area contributed by atoms with Gasteiger partial charge < -0.3 is 5.11 Å². The standard InChI is InChI=1S/C13H19NO3S2/c1-11(2)10-19(16,17)14(3)8-13-7-12(9-18-13)5-4-6-15/h7,9,11,15H,6,8,10H2,1-3H3. The third kappa shape index (κ3) is 5.33. The highest BCUT2D eigenvalue weighted by Crippen LogP contribution is 2.17. The fraction of sp³-hybridized carbons (Fsp3) is 0.538. The first-order valence-corrected chi connectivity index (χ1v) is 8.45. The molecule has 1 aromatic rings. The minimum Gasteiger partial charge on any atom is -0.384 e. The monoisotopic (exact) mass is 301 g/mol. The number of sulfonamides is 1. The molecule has 0 radical (unpaired) electrons. The minimum absolute atomic E-state index is 0.113. The maximum absolute atomic E-state index is 12.0.